The average Bonchev–Trinajstić information content (AvgIpc) is 2.38. The maximum atomic E-state index is 5.33. The van der Waals surface area contributed by atoms with Crippen LogP contribution in [0.1, 0.15) is 20.8 Å². The van der Waals surface area contributed by atoms with Crippen LogP contribution in [0.3, 0.4) is 0 Å². The number of nitrogens with one attached hydrogen (secondary N) is 1. The monoisotopic (exact) mass is 250 g/mol. The summed E-state index contributed by atoms with van der Waals surface area (Å²) in [6, 6.07) is 1.92. The van der Waals surface area contributed by atoms with E-state index in [4.69, 9.17) is 5.84 Å². The minimum absolute atomic E-state index is 0.238. The zero-order chi connectivity index (χ0) is 13.2. The summed E-state index contributed by atoms with van der Waals surface area (Å²) in [6.45, 7) is 10.8. The molecule has 1 aliphatic rings. The summed E-state index contributed by atoms with van der Waals surface area (Å²) in [6.07, 6.45) is 1.73. The maximum Gasteiger partial charge on any atom is 0.239 e. The van der Waals surface area contributed by atoms with E-state index in [0.29, 0.717) is 5.95 Å². The molecule has 6 heteroatoms. The van der Waals surface area contributed by atoms with Gasteiger partial charge in [-0.3, -0.25) is 10.3 Å². The van der Waals surface area contributed by atoms with Gasteiger partial charge < -0.3 is 4.90 Å². The number of nitrogens with two attached hydrogens (primary N) is 1. The van der Waals surface area contributed by atoms with Crippen LogP contribution in [-0.4, -0.2) is 46.6 Å². The second kappa shape index (κ2) is 5.07. The van der Waals surface area contributed by atoms with Crippen LogP contribution in [0.25, 0.3) is 0 Å². The predicted octanol–water partition coefficient (Wildman–Crippen LogP) is 0.683. The average molecular weight is 250 g/mol. The summed E-state index contributed by atoms with van der Waals surface area (Å²) in [5, 5.41) is 0. The van der Waals surface area contributed by atoms with Gasteiger partial charge in [0.05, 0.1) is 0 Å². The summed E-state index contributed by atoms with van der Waals surface area (Å²) >= 11 is 0. The lowest BCUT2D eigenvalue weighted by Crippen LogP contribution is -2.53. The van der Waals surface area contributed by atoms with Crippen molar-refractivity contribution in [2.24, 2.45) is 5.84 Å². The first-order valence-corrected chi connectivity index (χ1v) is 6.30. The van der Waals surface area contributed by atoms with Gasteiger partial charge >= 0.3 is 0 Å². The topological polar surface area (TPSA) is 70.3 Å². The van der Waals surface area contributed by atoms with Gasteiger partial charge in [-0.15, -0.1) is 0 Å². The number of aromatic nitrogens is 2. The Morgan fingerprint density at radius 3 is 2.44 bits per heavy atom. The van der Waals surface area contributed by atoms with Crippen molar-refractivity contribution >= 4 is 11.8 Å². The van der Waals surface area contributed by atoms with E-state index in [-0.39, 0.29) is 5.54 Å². The Balaban J connectivity index is 2.01. The second-order valence-corrected chi connectivity index (χ2v) is 5.53. The van der Waals surface area contributed by atoms with Gasteiger partial charge in [0, 0.05) is 37.9 Å². The lowest BCUT2D eigenvalue weighted by atomic mass is 10.1. The van der Waals surface area contributed by atoms with Gasteiger partial charge in [-0.2, -0.15) is 4.98 Å². The molecular weight excluding hydrogens is 228 g/mol. The van der Waals surface area contributed by atoms with Crippen molar-refractivity contribution in [3.8, 4) is 0 Å². The van der Waals surface area contributed by atoms with Gasteiger partial charge in [-0.05, 0) is 26.8 Å². The van der Waals surface area contributed by atoms with Crippen LogP contribution in [0.5, 0.6) is 0 Å². The van der Waals surface area contributed by atoms with Crippen molar-refractivity contribution in [2.45, 2.75) is 26.3 Å². The first kappa shape index (κ1) is 13.0. The molecule has 0 bridgehead atoms. The highest BCUT2D eigenvalue weighted by Gasteiger charge is 2.26. The molecule has 0 radical (unpaired) electrons. The largest absolute Gasteiger partial charge is 0.354 e. The van der Waals surface area contributed by atoms with Crippen LogP contribution in [0, 0.1) is 0 Å². The molecule has 18 heavy (non-hydrogen) atoms. The third-order valence-corrected chi connectivity index (χ3v) is 3.32. The molecule has 1 saturated heterocycles. The Morgan fingerprint density at radius 1 is 1.22 bits per heavy atom. The van der Waals surface area contributed by atoms with Crippen molar-refractivity contribution in [3.05, 3.63) is 12.3 Å². The Morgan fingerprint density at radius 2 is 1.89 bits per heavy atom. The van der Waals surface area contributed by atoms with Crippen molar-refractivity contribution in [2.75, 3.05) is 36.5 Å². The fourth-order valence-corrected chi connectivity index (χ4v) is 2.20. The summed E-state index contributed by atoms with van der Waals surface area (Å²) < 4.78 is 0. The van der Waals surface area contributed by atoms with E-state index in [1.165, 1.54) is 0 Å². The number of anilines is 2. The van der Waals surface area contributed by atoms with Crippen LogP contribution in [0.4, 0.5) is 11.8 Å². The van der Waals surface area contributed by atoms with E-state index in [1.807, 2.05) is 6.07 Å². The fourth-order valence-electron chi connectivity index (χ4n) is 2.20. The standard InChI is InChI=1S/C12H22N6/c1-12(2,3)18-8-6-17(7-9-18)10-4-5-14-11(15-10)16-13/h4-5H,6-9,13H2,1-3H3,(H,14,15,16). The van der Waals surface area contributed by atoms with Crippen molar-refractivity contribution in [1.29, 1.82) is 0 Å². The molecule has 6 nitrogen and oxygen atoms in total. The molecule has 1 aliphatic heterocycles. The van der Waals surface area contributed by atoms with E-state index >= 15 is 0 Å². The molecule has 0 unspecified atom stereocenters. The molecular formula is C12H22N6. The highest BCUT2D eigenvalue weighted by molar-refractivity contribution is 5.42. The molecule has 1 aromatic rings. The van der Waals surface area contributed by atoms with Crippen molar-refractivity contribution in [3.63, 3.8) is 0 Å². The van der Waals surface area contributed by atoms with Gasteiger partial charge in [0.25, 0.3) is 0 Å². The lowest BCUT2D eigenvalue weighted by molar-refractivity contribution is 0.128. The molecule has 0 spiro atoms. The van der Waals surface area contributed by atoms with Gasteiger partial charge in [-0.1, -0.05) is 0 Å². The van der Waals surface area contributed by atoms with E-state index in [0.717, 1.165) is 32.0 Å². The fraction of sp³-hybridized carbons (Fsp3) is 0.667. The number of rotatable bonds is 2. The minimum Gasteiger partial charge on any atom is -0.354 e. The van der Waals surface area contributed by atoms with Crippen molar-refractivity contribution < 1.29 is 0 Å². The smallest absolute Gasteiger partial charge is 0.239 e. The third kappa shape index (κ3) is 2.88. The summed E-state index contributed by atoms with van der Waals surface area (Å²) in [5.41, 5.74) is 2.72. The molecule has 0 amide bonds. The first-order valence-electron chi connectivity index (χ1n) is 6.30. The quantitative estimate of drug-likeness (QED) is 0.594. The Hall–Kier alpha value is -1.40. The van der Waals surface area contributed by atoms with Crippen LogP contribution >= 0.6 is 0 Å². The van der Waals surface area contributed by atoms with Crippen LogP contribution in [0.15, 0.2) is 12.3 Å². The zero-order valence-corrected chi connectivity index (χ0v) is 11.3. The Bertz CT molecular complexity index is 392. The molecule has 0 aliphatic carbocycles. The van der Waals surface area contributed by atoms with Gasteiger partial charge in [0.2, 0.25) is 5.95 Å². The number of hydrogen-bond donors (Lipinski definition) is 2. The van der Waals surface area contributed by atoms with Crippen molar-refractivity contribution in [1.82, 2.24) is 14.9 Å². The number of hydrogen-bond acceptors (Lipinski definition) is 6. The second-order valence-electron chi connectivity index (χ2n) is 5.53. The Labute approximate surface area is 108 Å². The minimum atomic E-state index is 0.238. The SMILES string of the molecule is CC(C)(C)N1CCN(c2ccnc(NN)n2)CC1. The number of piperazine rings is 1. The van der Waals surface area contributed by atoms with E-state index in [1.54, 1.807) is 6.20 Å². The highest BCUT2D eigenvalue weighted by Crippen LogP contribution is 2.19. The predicted molar refractivity (Wildman–Crippen MR) is 73.4 cm³/mol. The van der Waals surface area contributed by atoms with Gasteiger partial charge in [0.1, 0.15) is 5.82 Å². The van der Waals surface area contributed by atoms with E-state index in [9.17, 15) is 0 Å². The first-order chi connectivity index (χ1) is 8.50. The third-order valence-electron chi connectivity index (χ3n) is 3.32. The van der Waals surface area contributed by atoms with Gasteiger partial charge in [-0.25, -0.2) is 10.8 Å². The molecule has 100 valence electrons. The molecule has 3 N–H and O–H groups in total. The molecule has 0 atom stereocenters. The van der Waals surface area contributed by atoms with E-state index < -0.39 is 0 Å². The number of nitrogen functional groups attached to an aromatic ring is 1. The molecule has 0 saturated carbocycles. The zero-order valence-electron chi connectivity index (χ0n) is 11.3. The number of nitrogens with zero attached hydrogens (tertiary/aromatic N) is 4. The summed E-state index contributed by atoms with van der Waals surface area (Å²) in [4.78, 5) is 13.1. The number of hydrazine groups is 1. The Kier molecular flexibility index (Phi) is 3.68. The van der Waals surface area contributed by atoms with Gasteiger partial charge in [0.15, 0.2) is 0 Å². The molecule has 2 rings (SSSR count). The van der Waals surface area contributed by atoms with Crippen LogP contribution in [-0.2, 0) is 0 Å². The van der Waals surface area contributed by atoms with Crippen LogP contribution in [0.2, 0.25) is 0 Å². The highest BCUT2D eigenvalue weighted by atomic mass is 15.3. The molecule has 1 fully saturated rings. The van der Waals surface area contributed by atoms with Crippen LogP contribution < -0.4 is 16.2 Å². The summed E-state index contributed by atoms with van der Waals surface area (Å²) in [5.74, 6) is 6.73. The van der Waals surface area contributed by atoms with E-state index in [2.05, 4.69) is 46.0 Å². The normalized spacial score (nSPS) is 17.9. The lowest BCUT2D eigenvalue weighted by Gasteiger charge is -2.42. The molecule has 1 aromatic heterocycles. The molecule has 0 aromatic carbocycles. The maximum absolute atomic E-state index is 5.33. The molecule has 2 heterocycles. The summed E-state index contributed by atoms with van der Waals surface area (Å²) in [7, 11) is 0.